The minimum absolute atomic E-state index is 0.0293. The maximum atomic E-state index is 13.8. The summed E-state index contributed by atoms with van der Waals surface area (Å²) in [4.78, 5) is 33.6. The molecule has 2 aliphatic rings. The zero-order chi connectivity index (χ0) is 19.6. The summed E-state index contributed by atoms with van der Waals surface area (Å²) in [6.07, 6.45) is 0.969. The molecule has 27 heavy (non-hydrogen) atoms. The number of aliphatic imine (C=N–C) groups is 1. The van der Waals surface area contributed by atoms with Crippen molar-refractivity contribution in [2.75, 3.05) is 26.2 Å². The Kier molecular flexibility index (Phi) is 5.51. The van der Waals surface area contributed by atoms with E-state index in [2.05, 4.69) is 15.3 Å². The second kappa shape index (κ2) is 7.69. The van der Waals surface area contributed by atoms with Crippen molar-refractivity contribution in [3.05, 3.63) is 27.9 Å². The molecule has 0 saturated carbocycles. The van der Waals surface area contributed by atoms with E-state index in [9.17, 15) is 18.4 Å². The molecular weight excluding hydrogens is 380 g/mol. The minimum Gasteiger partial charge on any atom is -0.463 e. The van der Waals surface area contributed by atoms with Gasteiger partial charge in [0.1, 0.15) is 0 Å². The van der Waals surface area contributed by atoms with Gasteiger partial charge in [-0.2, -0.15) is 0 Å². The molecule has 0 spiro atoms. The lowest BCUT2D eigenvalue weighted by atomic mass is 10.1. The molecule has 1 aromatic rings. The van der Waals surface area contributed by atoms with E-state index in [4.69, 9.17) is 10.5 Å². The Labute approximate surface area is 158 Å². The number of amidine groups is 1. The molecule has 11 heteroatoms. The van der Waals surface area contributed by atoms with Crippen LogP contribution < -0.4 is 11.1 Å². The van der Waals surface area contributed by atoms with Gasteiger partial charge in [0.25, 0.3) is 5.92 Å². The highest BCUT2D eigenvalue weighted by Crippen LogP contribution is 2.32. The van der Waals surface area contributed by atoms with Gasteiger partial charge in [0.15, 0.2) is 10.8 Å². The lowest BCUT2D eigenvalue weighted by Gasteiger charge is -2.27. The van der Waals surface area contributed by atoms with Crippen LogP contribution in [0.2, 0.25) is 0 Å². The number of rotatable bonds is 6. The first-order valence-electron chi connectivity index (χ1n) is 8.32. The standard InChI is InChI=1S/C16H19F2N5O3S/c1-2-26-15(25)9-6-21-13(14-20-3-4-27-14)22-10(9)7-23-8-16(17,18)5-11(23)12(19)24/h3-4,11H,2,5-8H2,1H3,(H2,19,24)(H,21,22). The molecule has 1 amide bonds. The Morgan fingerprint density at radius 2 is 2.30 bits per heavy atom. The Bertz CT molecular complexity index is 794. The Morgan fingerprint density at radius 3 is 2.93 bits per heavy atom. The lowest BCUT2D eigenvalue weighted by molar-refractivity contribution is -0.138. The number of thiazole rings is 1. The Balaban J connectivity index is 1.87. The van der Waals surface area contributed by atoms with Crippen LogP contribution in [0, 0.1) is 0 Å². The van der Waals surface area contributed by atoms with Crippen LogP contribution in [0.1, 0.15) is 18.4 Å². The smallest absolute Gasteiger partial charge is 0.337 e. The third kappa shape index (κ3) is 4.30. The van der Waals surface area contributed by atoms with Gasteiger partial charge in [-0.3, -0.25) is 14.7 Å². The van der Waals surface area contributed by atoms with Gasteiger partial charge in [0.2, 0.25) is 5.91 Å². The summed E-state index contributed by atoms with van der Waals surface area (Å²) in [5.41, 5.74) is 5.88. The summed E-state index contributed by atoms with van der Waals surface area (Å²) in [5.74, 6) is -3.99. The molecule has 1 unspecified atom stereocenters. The quantitative estimate of drug-likeness (QED) is 0.675. The summed E-state index contributed by atoms with van der Waals surface area (Å²) in [6, 6.07) is -1.11. The fourth-order valence-electron chi connectivity index (χ4n) is 3.05. The number of nitrogens with two attached hydrogens (primary N) is 1. The number of hydrogen-bond acceptors (Lipinski definition) is 8. The highest BCUT2D eigenvalue weighted by Gasteiger charge is 2.47. The normalized spacial score (nSPS) is 22.3. The number of carbonyl (C=O) groups excluding carboxylic acids is 2. The van der Waals surface area contributed by atoms with Crippen LogP contribution in [0.5, 0.6) is 0 Å². The fraction of sp³-hybridized carbons (Fsp3) is 0.500. The maximum Gasteiger partial charge on any atom is 0.337 e. The number of halogens is 2. The van der Waals surface area contributed by atoms with Gasteiger partial charge in [-0.1, -0.05) is 0 Å². The number of ether oxygens (including phenoxy) is 1. The molecule has 0 aromatic carbocycles. The topological polar surface area (TPSA) is 110 Å². The van der Waals surface area contributed by atoms with E-state index in [1.807, 2.05) is 0 Å². The number of likely N-dealkylation sites (tertiary alicyclic amines) is 1. The van der Waals surface area contributed by atoms with Crippen molar-refractivity contribution in [3.8, 4) is 0 Å². The number of nitrogens with zero attached hydrogens (tertiary/aromatic N) is 3. The SMILES string of the molecule is CCOC(=O)C1=C(CN2CC(F)(F)CC2C(N)=O)NC(c2nccs2)=NC1. The van der Waals surface area contributed by atoms with Crippen LogP contribution in [-0.2, 0) is 14.3 Å². The van der Waals surface area contributed by atoms with Gasteiger partial charge in [-0.15, -0.1) is 11.3 Å². The van der Waals surface area contributed by atoms with Crippen LogP contribution in [0.3, 0.4) is 0 Å². The van der Waals surface area contributed by atoms with Crippen molar-refractivity contribution in [3.63, 3.8) is 0 Å². The third-order valence-corrected chi connectivity index (χ3v) is 5.02. The van der Waals surface area contributed by atoms with Crippen molar-refractivity contribution < 1.29 is 23.1 Å². The van der Waals surface area contributed by atoms with Gasteiger partial charge >= 0.3 is 5.97 Å². The summed E-state index contributed by atoms with van der Waals surface area (Å²) < 4.78 is 32.7. The second-order valence-electron chi connectivity index (χ2n) is 6.19. The van der Waals surface area contributed by atoms with Crippen molar-refractivity contribution in [2.24, 2.45) is 10.7 Å². The predicted octanol–water partition coefficient (Wildman–Crippen LogP) is 0.505. The Hall–Kier alpha value is -2.40. The van der Waals surface area contributed by atoms with Gasteiger partial charge < -0.3 is 15.8 Å². The van der Waals surface area contributed by atoms with Gasteiger partial charge in [-0.05, 0) is 6.92 Å². The Morgan fingerprint density at radius 1 is 1.52 bits per heavy atom. The van der Waals surface area contributed by atoms with E-state index in [1.54, 1.807) is 18.5 Å². The zero-order valence-electron chi connectivity index (χ0n) is 14.6. The van der Waals surface area contributed by atoms with Crippen LogP contribution in [0.4, 0.5) is 8.78 Å². The molecule has 3 heterocycles. The van der Waals surface area contributed by atoms with Crippen LogP contribution in [0.25, 0.3) is 0 Å². The predicted molar refractivity (Wildman–Crippen MR) is 94.4 cm³/mol. The van der Waals surface area contributed by atoms with Crippen molar-refractivity contribution in [1.82, 2.24) is 15.2 Å². The van der Waals surface area contributed by atoms with Crippen molar-refractivity contribution in [1.29, 1.82) is 0 Å². The first kappa shape index (κ1) is 19.4. The summed E-state index contributed by atoms with van der Waals surface area (Å²) in [5, 5.41) is 5.37. The molecule has 1 fully saturated rings. The molecular formula is C16H19F2N5O3S. The molecule has 2 aliphatic heterocycles. The number of esters is 1. The number of nitrogens with one attached hydrogen (secondary N) is 1. The minimum atomic E-state index is -3.02. The average molecular weight is 399 g/mol. The summed E-state index contributed by atoms with van der Waals surface area (Å²) >= 11 is 1.35. The van der Waals surface area contributed by atoms with Gasteiger partial charge in [0, 0.05) is 30.2 Å². The first-order valence-corrected chi connectivity index (χ1v) is 9.20. The van der Waals surface area contributed by atoms with Crippen molar-refractivity contribution in [2.45, 2.75) is 25.3 Å². The molecule has 0 bridgehead atoms. The second-order valence-corrected chi connectivity index (χ2v) is 7.08. The van der Waals surface area contributed by atoms with E-state index >= 15 is 0 Å². The molecule has 8 nitrogen and oxygen atoms in total. The zero-order valence-corrected chi connectivity index (χ0v) is 15.4. The third-order valence-electron chi connectivity index (χ3n) is 4.24. The number of primary amides is 1. The lowest BCUT2D eigenvalue weighted by Crippen LogP contribution is -2.45. The molecule has 1 atom stereocenters. The monoisotopic (exact) mass is 399 g/mol. The number of hydrogen-bond donors (Lipinski definition) is 2. The van der Waals surface area contributed by atoms with Gasteiger partial charge in [-0.25, -0.2) is 18.6 Å². The number of amides is 1. The van der Waals surface area contributed by atoms with Crippen LogP contribution >= 0.6 is 11.3 Å². The molecule has 1 aromatic heterocycles. The van der Waals surface area contributed by atoms with E-state index < -0.39 is 36.8 Å². The van der Waals surface area contributed by atoms with E-state index in [1.165, 1.54) is 16.2 Å². The van der Waals surface area contributed by atoms with E-state index in [0.717, 1.165) is 0 Å². The molecule has 146 valence electrons. The number of carbonyl (C=O) groups is 2. The highest BCUT2D eigenvalue weighted by atomic mass is 32.1. The summed E-state index contributed by atoms with van der Waals surface area (Å²) in [6.45, 7) is 1.17. The molecule has 0 aliphatic carbocycles. The van der Waals surface area contributed by atoms with Crippen molar-refractivity contribution >= 4 is 29.0 Å². The number of alkyl halides is 2. The van der Waals surface area contributed by atoms with Crippen LogP contribution in [-0.4, -0.2) is 65.8 Å². The highest BCUT2D eigenvalue weighted by molar-refractivity contribution is 7.11. The van der Waals surface area contributed by atoms with Crippen LogP contribution in [0.15, 0.2) is 27.8 Å². The first-order chi connectivity index (χ1) is 12.8. The average Bonchev–Trinajstić information content (AvgIpc) is 3.22. The largest absolute Gasteiger partial charge is 0.463 e. The molecule has 1 saturated heterocycles. The fourth-order valence-corrected chi connectivity index (χ4v) is 3.65. The molecule has 3 rings (SSSR count). The van der Waals surface area contributed by atoms with E-state index in [-0.39, 0.29) is 25.3 Å². The number of aromatic nitrogens is 1. The summed E-state index contributed by atoms with van der Waals surface area (Å²) in [7, 11) is 0. The molecule has 3 N–H and O–H groups in total. The van der Waals surface area contributed by atoms with E-state index in [0.29, 0.717) is 16.5 Å². The molecule has 0 radical (unpaired) electrons. The maximum absolute atomic E-state index is 13.8. The van der Waals surface area contributed by atoms with Gasteiger partial charge in [0.05, 0.1) is 31.3 Å².